The van der Waals surface area contributed by atoms with Crippen LogP contribution >= 0.6 is 0 Å². The van der Waals surface area contributed by atoms with Crippen molar-refractivity contribution in [2.45, 2.75) is 51.5 Å². The van der Waals surface area contributed by atoms with Crippen LogP contribution in [0, 0.1) is 0 Å². The molecule has 1 saturated heterocycles. The lowest BCUT2D eigenvalue weighted by Gasteiger charge is -2.28. The minimum atomic E-state index is 0.363. The lowest BCUT2D eigenvalue weighted by atomic mass is 10.0. The fourth-order valence-electron chi connectivity index (χ4n) is 5.35. The standard InChI is InChI=1S/C29H36N2O/c1-23(31-19-15-25-9-3-4-10-29(25)31)26-12-11-24-13-14-28(22-27(24)21-26)32-20-8-7-18-30-16-5-2-6-17-30/h3-4,9-14,21-23H,2,5-8,15-20H2,1H3/t23-/m1/s1. The minimum absolute atomic E-state index is 0.363. The Morgan fingerprint density at radius 2 is 1.69 bits per heavy atom. The summed E-state index contributed by atoms with van der Waals surface area (Å²) < 4.78 is 6.12. The minimum Gasteiger partial charge on any atom is -0.494 e. The molecule has 2 aliphatic rings. The van der Waals surface area contributed by atoms with Gasteiger partial charge in [-0.1, -0.05) is 42.8 Å². The molecule has 0 radical (unpaired) electrons. The maximum Gasteiger partial charge on any atom is 0.119 e. The van der Waals surface area contributed by atoms with E-state index in [1.807, 2.05) is 0 Å². The summed E-state index contributed by atoms with van der Waals surface area (Å²) in [4.78, 5) is 5.15. The molecule has 0 N–H and O–H groups in total. The van der Waals surface area contributed by atoms with Gasteiger partial charge in [-0.3, -0.25) is 0 Å². The van der Waals surface area contributed by atoms with Crippen LogP contribution in [0.25, 0.3) is 10.8 Å². The van der Waals surface area contributed by atoms with Gasteiger partial charge in [0, 0.05) is 12.2 Å². The summed E-state index contributed by atoms with van der Waals surface area (Å²) in [6.07, 6.45) is 7.65. The van der Waals surface area contributed by atoms with Crippen molar-refractivity contribution in [1.29, 1.82) is 0 Å². The average molecular weight is 429 g/mol. The highest BCUT2D eigenvalue weighted by Crippen LogP contribution is 2.35. The third kappa shape index (κ3) is 4.78. The molecule has 0 unspecified atom stereocenters. The molecule has 0 saturated carbocycles. The SMILES string of the molecule is C[C@H](c1ccc2ccc(OCCCCN3CCCCC3)cc2c1)N1CCc2ccccc21. The number of rotatable bonds is 8. The summed E-state index contributed by atoms with van der Waals surface area (Å²) >= 11 is 0. The van der Waals surface area contributed by atoms with Gasteiger partial charge in [0.25, 0.3) is 0 Å². The van der Waals surface area contributed by atoms with Crippen molar-refractivity contribution < 1.29 is 4.74 Å². The van der Waals surface area contributed by atoms with Crippen LogP contribution in [-0.2, 0) is 6.42 Å². The second kappa shape index (κ2) is 9.95. The molecule has 168 valence electrons. The second-order valence-corrected chi connectivity index (χ2v) is 9.47. The fraction of sp³-hybridized carbons (Fsp3) is 0.448. The Labute approximate surface area is 193 Å². The van der Waals surface area contributed by atoms with Crippen molar-refractivity contribution in [2.75, 3.05) is 37.7 Å². The van der Waals surface area contributed by atoms with E-state index >= 15 is 0 Å². The maximum absolute atomic E-state index is 6.12. The van der Waals surface area contributed by atoms with Gasteiger partial charge in [0.15, 0.2) is 0 Å². The highest BCUT2D eigenvalue weighted by Gasteiger charge is 2.24. The molecule has 0 aliphatic carbocycles. The van der Waals surface area contributed by atoms with Crippen molar-refractivity contribution in [3.05, 3.63) is 71.8 Å². The predicted octanol–water partition coefficient (Wildman–Crippen LogP) is 6.61. The highest BCUT2D eigenvalue weighted by atomic mass is 16.5. The van der Waals surface area contributed by atoms with Gasteiger partial charge in [-0.15, -0.1) is 0 Å². The number of hydrogen-bond acceptors (Lipinski definition) is 3. The first-order valence-electron chi connectivity index (χ1n) is 12.5. The molecule has 3 aromatic rings. The molecule has 32 heavy (non-hydrogen) atoms. The largest absolute Gasteiger partial charge is 0.494 e. The van der Waals surface area contributed by atoms with Gasteiger partial charge in [-0.05, 0) is 105 Å². The second-order valence-electron chi connectivity index (χ2n) is 9.47. The van der Waals surface area contributed by atoms with Gasteiger partial charge in [0.2, 0.25) is 0 Å². The monoisotopic (exact) mass is 428 g/mol. The molecule has 3 heteroatoms. The van der Waals surface area contributed by atoms with E-state index in [1.54, 1.807) is 0 Å². The van der Waals surface area contributed by atoms with Crippen LogP contribution in [0.15, 0.2) is 60.7 Å². The number of piperidine rings is 1. The Kier molecular flexibility index (Phi) is 6.64. The molecule has 0 aromatic heterocycles. The number of para-hydroxylation sites is 1. The molecule has 1 fully saturated rings. The summed E-state index contributed by atoms with van der Waals surface area (Å²) in [7, 11) is 0. The number of ether oxygens (including phenoxy) is 1. The molecule has 2 aliphatic heterocycles. The zero-order valence-electron chi connectivity index (χ0n) is 19.4. The first kappa shape index (κ1) is 21.3. The van der Waals surface area contributed by atoms with Crippen molar-refractivity contribution in [3.8, 4) is 5.75 Å². The molecule has 2 heterocycles. The van der Waals surface area contributed by atoms with Gasteiger partial charge >= 0.3 is 0 Å². The summed E-state index contributed by atoms with van der Waals surface area (Å²) in [5.74, 6) is 0.992. The van der Waals surface area contributed by atoms with Crippen LogP contribution in [0.4, 0.5) is 5.69 Å². The van der Waals surface area contributed by atoms with Crippen molar-refractivity contribution in [3.63, 3.8) is 0 Å². The molecule has 3 aromatic carbocycles. The number of benzene rings is 3. The van der Waals surface area contributed by atoms with Crippen LogP contribution in [0.5, 0.6) is 5.75 Å². The van der Waals surface area contributed by atoms with Crippen molar-refractivity contribution in [2.24, 2.45) is 0 Å². The van der Waals surface area contributed by atoms with Crippen molar-refractivity contribution in [1.82, 2.24) is 4.90 Å². The summed E-state index contributed by atoms with van der Waals surface area (Å²) in [6.45, 7) is 8.03. The van der Waals surface area contributed by atoms with Gasteiger partial charge < -0.3 is 14.5 Å². The number of nitrogens with zero attached hydrogens (tertiary/aromatic N) is 2. The topological polar surface area (TPSA) is 15.7 Å². The van der Waals surface area contributed by atoms with E-state index in [4.69, 9.17) is 4.74 Å². The number of unbranched alkanes of at least 4 members (excludes halogenated alkanes) is 1. The first-order valence-corrected chi connectivity index (χ1v) is 12.5. The number of fused-ring (bicyclic) bond motifs is 2. The van der Waals surface area contributed by atoms with Crippen LogP contribution in [0.2, 0.25) is 0 Å². The van der Waals surface area contributed by atoms with Gasteiger partial charge in [0.1, 0.15) is 5.75 Å². The Morgan fingerprint density at radius 3 is 2.59 bits per heavy atom. The summed E-state index contributed by atoms with van der Waals surface area (Å²) in [5.41, 5.74) is 4.23. The molecule has 5 rings (SSSR count). The Hall–Kier alpha value is -2.52. The molecule has 1 atom stereocenters. The fourth-order valence-corrected chi connectivity index (χ4v) is 5.35. The molecule has 0 bridgehead atoms. The quantitative estimate of drug-likeness (QED) is 0.376. The van der Waals surface area contributed by atoms with E-state index in [0.717, 1.165) is 31.7 Å². The Bertz CT molecular complexity index is 1040. The van der Waals surface area contributed by atoms with Crippen molar-refractivity contribution >= 4 is 16.5 Å². The van der Waals surface area contributed by atoms with Crippen LogP contribution in [-0.4, -0.2) is 37.7 Å². The summed E-state index contributed by atoms with van der Waals surface area (Å²) in [6, 6.07) is 22.6. The molecule has 3 nitrogen and oxygen atoms in total. The molecular weight excluding hydrogens is 392 g/mol. The Balaban J connectivity index is 1.20. The van der Waals surface area contributed by atoms with E-state index in [9.17, 15) is 0 Å². The lowest BCUT2D eigenvalue weighted by Crippen LogP contribution is -2.30. The third-order valence-electron chi connectivity index (χ3n) is 7.29. The lowest BCUT2D eigenvalue weighted by molar-refractivity contribution is 0.216. The highest BCUT2D eigenvalue weighted by molar-refractivity contribution is 5.84. The van der Waals surface area contributed by atoms with Gasteiger partial charge in [0.05, 0.1) is 12.6 Å². The maximum atomic E-state index is 6.12. The van der Waals surface area contributed by atoms with E-state index in [1.165, 1.54) is 72.9 Å². The molecular formula is C29H36N2O. The van der Waals surface area contributed by atoms with E-state index < -0.39 is 0 Å². The van der Waals surface area contributed by atoms with E-state index in [-0.39, 0.29) is 0 Å². The number of anilines is 1. The zero-order chi connectivity index (χ0) is 21.8. The number of likely N-dealkylation sites (tertiary alicyclic amines) is 1. The smallest absolute Gasteiger partial charge is 0.119 e. The van der Waals surface area contributed by atoms with Gasteiger partial charge in [-0.2, -0.15) is 0 Å². The molecule has 0 spiro atoms. The number of hydrogen-bond donors (Lipinski definition) is 0. The predicted molar refractivity (Wildman–Crippen MR) is 135 cm³/mol. The van der Waals surface area contributed by atoms with Crippen LogP contribution < -0.4 is 9.64 Å². The third-order valence-corrected chi connectivity index (χ3v) is 7.29. The Morgan fingerprint density at radius 1 is 0.844 bits per heavy atom. The first-order chi connectivity index (χ1) is 15.8. The molecule has 0 amide bonds. The summed E-state index contributed by atoms with van der Waals surface area (Å²) in [5, 5.41) is 2.55. The normalized spacial score (nSPS) is 17.5. The van der Waals surface area contributed by atoms with E-state index in [2.05, 4.69) is 77.4 Å². The zero-order valence-corrected chi connectivity index (χ0v) is 19.4. The van der Waals surface area contributed by atoms with Gasteiger partial charge in [-0.25, -0.2) is 0 Å². The van der Waals surface area contributed by atoms with Crippen LogP contribution in [0.3, 0.4) is 0 Å². The van der Waals surface area contributed by atoms with E-state index in [0.29, 0.717) is 6.04 Å². The van der Waals surface area contributed by atoms with Crippen LogP contribution in [0.1, 0.15) is 56.2 Å². The average Bonchev–Trinajstić information content (AvgIpc) is 3.28.